The number of esters is 1. The molecule has 5 heteroatoms. The lowest BCUT2D eigenvalue weighted by Crippen LogP contribution is -2.36. The Kier molecular flexibility index (Phi) is 4.16. The van der Waals surface area contributed by atoms with Crippen LogP contribution in [0.5, 0.6) is 0 Å². The molecule has 1 atom stereocenters. The Morgan fingerprint density at radius 3 is 2.74 bits per heavy atom. The maximum absolute atomic E-state index is 12.3. The summed E-state index contributed by atoms with van der Waals surface area (Å²) >= 11 is 0. The predicted octanol–water partition coefficient (Wildman–Crippen LogP) is 1.61. The van der Waals surface area contributed by atoms with Crippen molar-refractivity contribution in [1.29, 1.82) is 0 Å². The zero-order chi connectivity index (χ0) is 13.8. The first-order valence-electron chi connectivity index (χ1n) is 6.21. The summed E-state index contributed by atoms with van der Waals surface area (Å²) in [5.41, 5.74) is 0.911. The van der Waals surface area contributed by atoms with E-state index in [9.17, 15) is 9.59 Å². The molecule has 0 aromatic heterocycles. The summed E-state index contributed by atoms with van der Waals surface area (Å²) in [5, 5.41) is 0. The average molecular weight is 263 g/mol. The first-order valence-corrected chi connectivity index (χ1v) is 6.21. The van der Waals surface area contributed by atoms with Crippen LogP contribution in [0.2, 0.25) is 0 Å². The Labute approximate surface area is 112 Å². The molecule has 1 amide bonds. The van der Waals surface area contributed by atoms with Crippen molar-refractivity contribution in [2.24, 2.45) is 0 Å². The van der Waals surface area contributed by atoms with Gasteiger partial charge < -0.3 is 14.4 Å². The summed E-state index contributed by atoms with van der Waals surface area (Å²) in [4.78, 5) is 25.4. The molecule has 1 aromatic rings. The Morgan fingerprint density at radius 2 is 2.11 bits per heavy atom. The number of likely N-dealkylation sites (N-methyl/N-ethyl adjacent to an activating group) is 1. The molecule has 0 unspecified atom stereocenters. The topological polar surface area (TPSA) is 55.8 Å². The Bertz CT molecular complexity index is 480. The third-order valence-corrected chi connectivity index (χ3v) is 3.21. The molecule has 1 aromatic carbocycles. The van der Waals surface area contributed by atoms with Crippen LogP contribution in [0.3, 0.4) is 0 Å². The number of anilines is 1. The van der Waals surface area contributed by atoms with Gasteiger partial charge in [0, 0.05) is 13.7 Å². The van der Waals surface area contributed by atoms with Gasteiger partial charge in [-0.1, -0.05) is 12.1 Å². The molecule has 102 valence electrons. The van der Waals surface area contributed by atoms with Crippen molar-refractivity contribution >= 4 is 17.6 Å². The molecule has 1 heterocycles. The average Bonchev–Trinajstić information content (AvgIpc) is 2.99. The number of carbonyl (C=O) groups excluding carboxylic acids is 2. The number of para-hydroxylation sites is 1. The van der Waals surface area contributed by atoms with E-state index in [4.69, 9.17) is 9.47 Å². The molecule has 0 N–H and O–H groups in total. The number of nitrogens with zero attached hydrogens (tertiary/aromatic N) is 1. The van der Waals surface area contributed by atoms with E-state index in [1.54, 1.807) is 31.3 Å². The SMILES string of the molecule is COC(=O)c1ccccc1N(C)C(=O)[C@@H]1CCCO1. The van der Waals surface area contributed by atoms with E-state index in [2.05, 4.69) is 0 Å². The Hall–Kier alpha value is -1.88. The van der Waals surface area contributed by atoms with Gasteiger partial charge in [0.15, 0.2) is 0 Å². The number of hydrogen-bond donors (Lipinski definition) is 0. The molecule has 1 aliphatic heterocycles. The maximum atomic E-state index is 12.3. The minimum atomic E-state index is -0.456. The predicted molar refractivity (Wildman–Crippen MR) is 70.2 cm³/mol. The highest BCUT2D eigenvalue weighted by atomic mass is 16.5. The first-order chi connectivity index (χ1) is 9.15. The summed E-state index contributed by atoms with van der Waals surface area (Å²) in [6.45, 7) is 0.614. The molecule has 1 fully saturated rings. The quantitative estimate of drug-likeness (QED) is 0.777. The standard InChI is InChI=1S/C14H17NO4/c1-15(13(16)12-8-5-9-19-12)11-7-4-3-6-10(11)14(17)18-2/h3-4,6-7,12H,5,8-9H2,1-2H3/t12-/m0/s1. The van der Waals surface area contributed by atoms with Gasteiger partial charge in [0.1, 0.15) is 6.10 Å². The molecule has 0 saturated carbocycles. The molecule has 0 aliphatic carbocycles. The van der Waals surface area contributed by atoms with E-state index in [0.717, 1.165) is 12.8 Å². The number of rotatable bonds is 3. The first kappa shape index (κ1) is 13.5. The molecule has 1 aliphatic rings. The maximum Gasteiger partial charge on any atom is 0.339 e. The van der Waals surface area contributed by atoms with Crippen molar-refractivity contribution in [2.75, 3.05) is 25.7 Å². The third-order valence-electron chi connectivity index (χ3n) is 3.21. The second-order valence-electron chi connectivity index (χ2n) is 4.41. The van der Waals surface area contributed by atoms with Crippen molar-refractivity contribution in [3.8, 4) is 0 Å². The van der Waals surface area contributed by atoms with Crippen molar-refractivity contribution in [3.05, 3.63) is 29.8 Å². The number of ether oxygens (including phenoxy) is 2. The fraction of sp³-hybridized carbons (Fsp3) is 0.429. The normalized spacial score (nSPS) is 18.1. The van der Waals surface area contributed by atoms with Crippen molar-refractivity contribution in [2.45, 2.75) is 18.9 Å². The molecule has 1 saturated heterocycles. The fourth-order valence-electron chi connectivity index (χ4n) is 2.16. The van der Waals surface area contributed by atoms with Gasteiger partial charge in [-0.25, -0.2) is 4.79 Å². The molecule has 19 heavy (non-hydrogen) atoms. The van der Waals surface area contributed by atoms with Crippen molar-refractivity contribution in [1.82, 2.24) is 0 Å². The van der Waals surface area contributed by atoms with E-state index in [0.29, 0.717) is 17.9 Å². The van der Waals surface area contributed by atoms with Gasteiger partial charge >= 0.3 is 5.97 Å². The van der Waals surface area contributed by atoms with Gasteiger partial charge in [0.2, 0.25) is 0 Å². The van der Waals surface area contributed by atoms with Crippen LogP contribution in [0, 0.1) is 0 Å². The summed E-state index contributed by atoms with van der Waals surface area (Å²) in [6.07, 6.45) is 1.21. The number of benzene rings is 1. The van der Waals surface area contributed by atoms with E-state index < -0.39 is 12.1 Å². The van der Waals surface area contributed by atoms with Crippen molar-refractivity contribution < 1.29 is 19.1 Å². The van der Waals surface area contributed by atoms with Crippen LogP contribution in [-0.4, -0.2) is 38.7 Å². The third kappa shape index (κ3) is 2.76. The van der Waals surface area contributed by atoms with E-state index in [1.165, 1.54) is 12.0 Å². The van der Waals surface area contributed by atoms with Gasteiger partial charge in [-0.2, -0.15) is 0 Å². The summed E-state index contributed by atoms with van der Waals surface area (Å²) in [7, 11) is 2.97. The number of carbonyl (C=O) groups is 2. The second-order valence-corrected chi connectivity index (χ2v) is 4.41. The van der Waals surface area contributed by atoms with Crippen molar-refractivity contribution in [3.63, 3.8) is 0 Å². The van der Waals surface area contributed by atoms with Gasteiger partial charge in [-0.15, -0.1) is 0 Å². The minimum Gasteiger partial charge on any atom is -0.465 e. The van der Waals surface area contributed by atoms with Crippen LogP contribution in [0.15, 0.2) is 24.3 Å². The lowest BCUT2D eigenvalue weighted by molar-refractivity contribution is -0.127. The minimum absolute atomic E-state index is 0.131. The largest absolute Gasteiger partial charge is 0.465 e. The zero-order valence-electron chi connectivity index (χ0n) is 11.1. The summed E-state index contributed by atoms with van der Waals surface area (Å²) < 4.78 is 10.1. The Morgan fingerprint density at radius 1 is 1.37 bits per heavy atom. The van der Waals surface area contributed by atoms with E-state index in [-0.39, 0.29) is 5.91 Å². The second kappa shape index (κ2) is 5.84. The van der Waals surface area contributed by atoms with Gasteiger partial charge in [0.05, 0.1) is 18.4 Å². The fourth-order valence-corrected chi connectivity index (χ4v) is 2.16. The van der Waals surface area contributed by atoms with Crippen LogP contribution in [0.25, 0.3) is 0 Å². The van der Waals surface area contributed by atoms with Gasteiger partial charge in [0.25, 0.3) is 5.91 Å². The summed E-state index contributed by atoms with van der Waals surface area (Å²) in [6, 6.07) is 6.88. The van der Waals surface area contributed by atoms with E-state index in [1.807, 2.05) is 0 Å². The van der Waals surface area contributed by atoms with Crippen LogP contribution in [0.1, 0.15) is 23.2 Å². The smallest absolute Gasteiger partial charge is 0.339 e. The highest BCUT2D eigenvalue weighted by Crippen LogP contribution is 2.23. The van der Waals surface area contributed by atoms with Crippen LogP contribution < -0.4 is 4.90 Å². The van der Waals surface area contributed by atoms with Gasteiger partial charge in [-0.05, 0) is 25.0 Å². The van der Waals surface area contributed by atoms with E-state index >= 15 is 0 Å². The Balaban J connectivity index is 2.25. The van der Waals surface area contributed by atoms with Crippen LogP contribution in [-0.2, 0) is 14.3 Å². The zero-order valence-corrected chi connectivity index (χ0v) is 11.1. The number of hydrogen-bond acceptors (Lipinski definition) is 4. The molecular formula is C14H17NO4. The molecular weight excluding hydrogens is 246 g/mol. The van der Waals surface area contributed by atoms with Crippen LogP contribution in [0.4, 0.5) is 5.69 Å². The number of amides is 1. The molecule has 0 bridgehead atoms. The summed E-state index contributed by atoms with van der Waals surface area (Å²) in [5.74, 6) is -0.587. The molecule has 0 radical (unpaired) electrons. The molecule has 0 spiro atoms. The number of methoxy groups -OCH3 is 1. The monoisotopic (exact) mass is 263 g/mol. The lowest BCUT2D eigenvalue weighted by atomic mass is 10.1. The van der Waals surface area contributed by atoms with Gasteiger partial charge in [-0.3, -0.25) is 4.79 Å². The lowest BCUT2D eigenvalue weighted by Gasteiger charge is -2.22. The molecule has 2 rings (SSSR count). The molecule has 5 nitrogen and oxygen atoms in total. The highest BCUT2D eigenvalue weighted by Gasteiger charge is 2.28. The highest BCUT2D eigenvalue weighted by molar-refractivity contribution is 6.03. The van der Waals surface area contributed by atoms with Crippen LogP contribution >= 0.6 is 0 Å².